The van der Waals surface area contributed by atoms with Crippen LogP contribution in [0.3, 0.4) is 0 Å². The van der Waals surface area contributed by atoms with E-state index in [2.05, 4.69) is 36.7 Å². The first-order valence-electron chi connectivity index (χ1n) is 6.70. The van der Waals surface area contributed by atoms with Crippen molar-refractivity contribution in [1.82, 2.24) is 5.32 Å². The van der Waals surface area contributed by atoms with Crippen LogP contribution >= 0.6 is 11.3 Å². The Morgan fingerprint density at radius 3 is 2.40 bits per heavy atom. The first-order chi connectivity index (χ1) is 9.69. The van der Waals surface area contributed by atoms with E-state index in [0.717, 1.165) is 18.0 Å². The minimum absolute atomic E-state index is 0.185. The number of rotatable bonds is 6. The van der Waals surface area contributed by atoms with Gasteiger partial charge in [0.25, 0.3) is 0 Å². The van der Waals surface area contributed by atoms with Crippen LogP contribution in [0.5, 0.6) is 11.5 Å². The lowest BCUT2D eigenvalue weighted by Gasteiger charge is -2.19. The maximum atomic E-state index is 5.40. The van der Waals surface area contributed by atoms with Crippen molar-refractivity contribution in [1.29, 1.82) is 0 Å². The van der Waals surface area contributed by atoms with E-state index >= 15 is 0 Å². The molecule has 108 valence electrons. The molecule has 1 aromatic carbocycles. The summed E-state index contributed by atoms with van der Waals surface area (Å²) in [6.45, 7) is 5.16. The number of thiophene rings is 1. The third kappa shape index (κ3) is 3.14. The maximum absolute atomic E-state index is 5.40. The summed E-state index contributed by atoms with van der Waals surface area (Å²) in [5.74, 6) is 1.52. The maximum Gasteiger partial charge on any atom is 0.161 e. The van der Waals surface area contributed by atoms with Gasteiger partial charge in [-0.3, -0.25) is 0 Å². The molecule has 1 N–H and O–H groups in total. The fourth-order valence-electron chi connectivity index (χ4n) is 2.28. The van der Waals surface area contributed by atoms with Crippen molar-refractivity contribution in [3.63, 3.8) is 0 Å². The van der Waals surface area contributed by atoms with Crippen molar-refractivity contribution in [3.8, 4) is 11.5 Å². The van der Waals surface area contributed by atoms with Crippen LogP contribution in [0.1, 0.15) is 29.0 Å². The van der Waals surface area contributed by atoms with E-state index in [0.29, 0.717) is 0 Å². The molecular formula is C16H21NO2S. The highest BCUT2D eigenvalue weighted by atomic mass is 32.1. The van der Waals surface area contributed by atoms with Crippen molar-refractivity contribution >= 4 is 11.3 Å². The number of benzene rings is 1. The lowest BCUT2D eigenvalue weighted by atomic mass is 10.0. The van der Waals surface area contributed by atoms with Gasteiger partial charge in [-0.1, -0.05) is 13.0 Å². The molecule has 20 heavy (non-hydrogen) atoms. The summed E-state index contributed by atoms with van der Waals surface area (Å²) < 4.78 is 10.7. The number of hydrogen-bond donors (Lipinski definition) is 1. The summed E-state index contributed by atoms with van der Waals surface area (Å²) in [6, 6.07) is 8.50. The summed E-state index contributed by atoms with van der Waals surface area (Å²) in [6.07, 6.45) is 0. The summed E-state index contributed by atoms with van der Waals surface area (Å²) in [7, 11) is 3.32. The molecule has 3 nitrogen and oxygen atoms in total. The molecular weight excluding hydrogens is 270 g/mol. The Hall–Kier alpha value is -1.52. The Balaban J connectivity index is 2.39. The van der Waals surface area contributed by atoms with E-state index in [9.17, 15) is 0 Å². The largest absolute Gasteiger partial charge is 0.493 e. The molecule has 2 rings (SSSR count). The fraction of sp³-hybridized carbons (Fsp3) is 0.375. The van der Waals surface area contributed by atoms with E-state index in [-0.39, 0.29) is 6.04 Å². The molecule has 0 amide bonds. The van der Waals surface area contributed by atoms with Gasteiger partial charge < -0.3 is 14.8 Å². The Morgan fingerprint density at radius 2 is 1.85 bits per heavy atom. The van der Waals surface area contributed by atoms with Crippen molar-refractivity contribution in [2.75, 3.05) is 20.8 Å². The van der Waals surface area contributed by atoms with Gasteiger partial charge in [0.15, 0.2) is 11.5 Å². The number of ether oxygens (including phenoxy) is 2. The average molecular weight is 291 g/mol. The fourth-order valence-corrected chi connectivity index (χ4v) is 3.01. The van der Waals surface area contributed by atoms with Crippen LogP contribution in [0.4, 0.5) is 0 Å². The molecule has 0 fully saturated rings. The molecule has 1 aromatic heterocycles. The normalized spacial score (nSPS) is 12.2. The standard InChI is InChI=1S/C16H21NO2S/c1-5-17-16(13-8-11(2)20-10-13)12-6-7-14(18-3)15(9-12)19-4/h6-10,16-17H,5H2,1-4H3. The Kier molecular flexibility index (Phi) is 5.04. The summed E-state index contributed by atoms with van der Waals surface area (Å²) in [5, 5.41) is 5.74. The third-order valence-electron chi connectivity index (χ3n) is 3.23. The molecule has 0 aliphatic carbocycles. The minimum Gasteiger partial charge on any atom is -0.493 e. The molecule has 0 spiro atoms. The van der Waals surface area contributed by atoms with Crippen molar-refractivity contribution in [2.45, 2.75) is 19.9 Å². The van der Waals surface area contributed by atoms with Crippen LogP contribution in [0, 0.1) is 6.92 Å². The second kappa shape index (κ2) is 6.77. The van der Waals surface area contributed by atoms with Crippen LogP contribution in [-0.4, -0.2) is 20.8 Å². The van der Waals surface area contributed by atoms with Crippen molar-refractivity contribution in [3.05, 3.63) is 45.6 Å². The zero-order valence-corrected chi connectivity index (χ0v) is 13.2. The molecule has 0 saturated carbocycles. The lowest BCUT2D eigenvalue weighted by molar-refractivity contribution is 0.354. The Morgan fingerprint density at radius 1 is 1.10 bits per heavy atom. The van der Waals surface area contributed by atoms with Gasteiger partial charge in [0.2, 0.25) is 0 Å². The van der Waals surface area contributed by atoms with Crippen LogP contribution < -0.4 is 14.8 Å². The van der Waals surface area contributed by atoms with Gasteiger partial charge in [0.1, 0.15) is 0 Å². The van der Waals surface area contributed by atoms with E-state index in [4.69, 9.17) is 9.47 Å². The number of hydrogen-bond acceptors (Lipinski definition) is 4. The van der Waals surface area contributed by atoms with Crippen LogP contribution in [0.25, 0.3) is 0 Å². The van der Waals surface area contributed by atoms with E-state index in [1.54, 1.807) is 25.6 Å². The minimum atomic E-state index is 0.185. The highest BCUT2D eigenvalue weighted by Crippen LogP contribution is 2.33. The molecule has 1 atom stereocenters. The summed E-state index contributed by atoms with van der Waals surface area (Å²) in [5.41, 5.74) is 2.48. The summed E-state index contributed by atoms with van der Waals surface area (Å²) >= 11 is 1.77. The van der Waals surface area contributed by atoms with E-state index < -0.39 is 0 Å². The predicted molar refractivity (Wildman–Crippen MR) is 84.1 cm³/mol. The second-order valence-corrected chi connectivity index (χ2v) is 5.71. The molecule has 1 unspecified atom stereocenters. The van der Waals surface area contributed by atoms with Crippen molar-refractivity contribution < 1.29 is 9.47 Å². The number of aryl methyl sites for hydroxylation is 1. The number of methoxy groups -OCH3 is 2. The first-order valence-corrected chi connectivity index (χ1v) is 7.57. The summed E-state index contributed by atoms with van der Waals surface area (Å²) in [4.78, 5) is 1.32. The van der Waals surface area contributed by atoms with Gasteiger partial charge in [-0.2, -0.15) is 0 Å². The first kappa shape index (κ1) is 14.9. The number of nitrogens with one attached hydrogen (secondary N) is 1. The SMILES string of the molecule is CCNC(c1csc(C)c1)c1ccc(OC)c(OC)c1. The topological polar surface area (TPSA) is 30.5 Å². The third-order valence-corrected chi connectivity index (χ3v) is 4.11. The molecule has 0 aliphatic heterocycles. The van der Waals surface area contributed by atoms with Gasteiger partial charge in [-0.25, -0.2) is 0 Å². The van der Waals surface area contributed by atoms with Gasteiger partial charge in [-0.05, 0) is 48.2 Å². The smallest absolute Gasteiger partial charge is 0.161 e. The van der Waals surface area contributed by atoms with Gasteiger partial charge in [0, 0.05) is 4.88 Å². The lowest BCUT2D eigenvalue weighted by Crippen LogP contribution is -2.21. The van der Waals surface area contributed by atoms with Gasteiger partial charge in [-0.15, -0.1) is 11.3 Å². The highest BCUT2D eigenvalue weighted by Gasteiger charge is 2.16. The molecule has 0 bridgehead atoms. The van der Waals surface area contributed by atoms with Gasteiger partial charge >= 0.3 is 0 Å². The molecule has 1 heterocycles. The quantitative estimate of drug-likeness (QED) is 0.878. The Labute approximate surface area is 124 Å². The molecule has 0 radical (unpaired) electrons. The van der Waals surface area contributed by atoms with E-state index in [1.807, 2.05) is 12.1 Å². The Bertz CT molecular complexity index is 565. The van der Waals surface area contributed by atoms with Crippen LogP contribution in [-0.2, 0) is 0 Å². The average Bonchev–Trinajstić information content (AvgIpc) is 2.90. The zero-order valence-electron chi connectivity index (χ0n) is 12.4. The monoisotopic (exact) mass is 291 g/mol. The molecule has 2 aromatic rings. The predicted octanol–water partition coefficient (Wildman–Crippen LogP) is 3.77. The van der Waals surface area contributed by atoms with Gasteiger partial charge in [0.05, 0.1) is 20.3 Å². The molecule has 0 saturated heterocycles. The highest BCUT2D eigenvalue weighted by molar-refractivity contribution is 7.10. The van der Waals surface area contributed by atoms with E-state index in [1.165, 1.54) is 16.0 Å². The second-order valence-electron chi connectivity index (χ2n) is 4.60. The van der Waals surface area contributed by atoms with Crippen LogP contribution in [0.15, 0.2) is 29.6 Å². The molecule has 4 heteroatoms. The van der Waals surface area contributed by atoms with Crippen LogP contribution in [0.2, 0.25) is 0 Å². The van der Waals surface area contributed by atoms with Crippen molar-refractivity contribution in [2.24, 2.45) is 0 Å². The molecule has 0 aliphatic rings. The zero-order chi connectivity index (χ0) is 14.5.